The van der Waals surface area contributed by atoms with Gasteiger partial charge in [-0.3, -0.25) is 0 Å². The fourth-order valence-corrected chi connectivity index (χ4v) is 2.23. The van der Waals surface area contributed by atoms with Gasteiger partial charge < -0.3 is 15.0 Å². The average molecular weight is 292 g/mol. The highest BCUT2D eigenvalue weighted by Crippen LogP contribution is 2.17. The zero-order valence-electron chi connectivity index (χ0n) is 13.2. The normalized spacial score (nSPS) is 16.7. The minimum absolute atomic E-state index is 0.229. The largest absolute Gasteiger partial charge is 0.444 e. The predicted octanol–water partition coefficient (Wildman–Crippen LogP) is 2.60. The number of anilines is 1. The number of hydrogen-bond donors (Lipinski definition) is 1. The van der Waals surface area contributed by atoms with Gasteiger partial charge in [0.2, 0.25) is 5.95 Å². The number of nitrogens with zero attached hydrogens (tertiary/aromatic N) is 3. The van der Waals surface area contributed by atoms with Gasteiger partial charge >= 0.3 is 6.09 Å². The second kappa shape index (κ2) is 6.28. The summed E-state index contributed by atoms with van der Waals surface area (Å²) in [4.78, 5) is 22.3. The van der Waals surface area contributed by atoms with Crippen LogP contribution in [0.1, 0.15) is 39.3 Å². The van der Waals surface area contributed by atoms with Crippen molar-refractivity contribution in [2.75, 3.05) is 18.4 Å². The molecule has 2 rings (SSSR count). The second-order valence-electron chi connectivity index (χ2n) is 6.41. The zero-order valence-corrected chi connectivity index (χ0v) is 13.2. The minimum Gasteiger partial charge on any atom is -0.444 e. The van der Waals surface area contributed by atoms with Crippen LogP contribution in [0, 0.1) is 6.92 Å². The van der Waals surface area contributed by atoms with Crippen LogP contribution in [0.15, 0.2) is 12.3 Å². The smallest absolute Gasteiger partial charge is 0.410 e. The molecule has 0 unspecified atom stereocenters. The Labute approximate surface area is 125 Å². The Morgan fingerprint density at radius 1 is 1.38 bits per heavy atom. The molecule has 6 heteroatoms. The van der Waals surface area contributed by atoms with E-state index in [-0.39, 0.29) is 6.09 Å². The highest BCUT2D eigenvalue weighted by atomic mass is 16.6. The molecule has 2 heterocycles. The Bertz CT molecular complexity index is 491. The van der Waals surface area contributed by atoms with Crippen LogP contribution in [0.2, 0.25) is 0 Å². The second-order valence-corrected chi connectivity index (χ2v) is 6.41. The van der Waals surface area contributed by atoms with Gasteiger partial charge in [-0.25, -0.2) is 14.8 Å². The Hall–Kier alpha value is -1.85. The standard InChI is InChI=1S/C15H24N4O2/c1-11-5-8-16-13(17-11)18-12-6-9-19(10-7-12)14(20)21-15(2,3)4/h5,8,12H,6-7,9-10H2,1-4H3,(H,16,17,18). The van der Waals surface area contributed by atoms with Gasteiger partial charge in [-0.15, -0.1) is 0 Å². The number of hydrogen-bond acceptors (Lipinski definition) is 5. The first-order valence-corrected chi connectivity index (χ1v) is 7.37. The number of ether oxygens (including phenoxy) is 1. The molecule has 0 radical (unpaired) electrons. The van der Waals surface area contributed by atoms with Gasteiger partial charge in [-0.05, 0) is 46.6 Å². The Balaban J connectivity index is 1.82. The molecule has 0 aromatic carbocycles. The van der Waals surface area contributed by atoms with Crippen molar-refractivity contribution in [2.24, 2.45) is 0 Å². The first-order chi connectivity index (χ1) is 9.83. The van der Waals surface area contributed by atoms with E-state index in [1.165, 1.54) is 0 Å². The van der Waals surface area contributed by atoms with Gasteiger partial charge in [-0.2, -0.15) is 0 Å². The molecule has 1 aliphatic heterocycles. The van der Waals surface area contributed by atoms with E-state index < -0.39 is 5.60 Å². The lowest BCUT2D eigenvalue weighted by molar-refractivity contribution is 0.0210. The average Bonchev–Trinajstić information content (AvgIpc) is 2.37. The minimum atomic E-state index is -0.443. The molecule has 21 heavy (non-hydrogen) atoms. The Morgan fingerprint density at radius 2 is 2.05 bits per heavy atom. The molecule has 0 spiro atoms. The van der Waals surface area contributed by atoms with Gasteiger partial charge in [-0.1, -0.05) is 0 Å². The molecule has 0 bridgehead atoms. The van der Waals surface area contributed by atoms with E-state index in [1.807, 2.05) is 33.8 Å². The highest BCUT2D eigenvalue weighted by molar-refractivity contribution is 5.68. The van der Waals surface area contributed by atoms with Crippen molar-refractivity contribution in [3.8, 4) is 0 Å². The molecule has 1 saturated heterocycles. The van der Waals surface area contributed by atoms with E-state index >= 15 is 0 Å². The maximum Gasteiger partial charge on any atom is 0.410 e. The van der Waals surface area contributed by atoms with E-state index in [9.17, 15) is 4.79 Å². The molecule has 1 aliphatic rings. The number of nitrogens with one attached hydrogen (secondary N) is 1. The summed E-state index contributed by atoms with van der Waals surface area (Å²) in [6.07, 6.45) is 3.26. The zero-order chi connectivity index (χ0) is 15.5. The third-order valence-corrected chi connectivity index (χ3v) is 3.27. The summed E-state index contributed by atoms with van der Waals surface area (Å²) in [5.41, 5.74) is 0.500. The fourth-order valence-electron chi connectivity index (χ4n) is 2.23. The summed E-state index contributed by atoms with van der Waals surface area (Å²) in [6, 6.07) is 2.17. The quantitative estimate of drug-likeness (QED) is 0.907. The first kappa shape index (κ1) is 15.5. The maximum absolute atomic E-state index is 12.0. The first-order valence-electron chi connectivity index (χ1n) is 7.37. The molecule has 1 aromatic heterocycles. The summed E-state index contributed by atoms with van der Waals surface area (Å²) in [5.74, 6) is 0.658. The summed E-state index contributed by atoms with van der Waals surface area (Å²) in [7, 11) is 0. The summed E-state index contributed by atoms with van der Waals surface area (Å²) >= 11 is 0. The SMILES string of the molecule is Cc1ccnc(NC2CCN(C(=O)OC(C)(C)C)CC2)n1. The molecule has 0 saturated carbocycles. The number of likely N-dealkylation sites (tertiary alicyclic amines) is 1. The van der Waals surface area contributed by atoms with Crippen LogP contribution in [0.4, 0.5) is 10.7 Å². The molecule has 1 fully saturated rings. The number of aromatic nitrogens is 2. The molecular weight excluding hydrogens is 268 g/mol. The topological polar surface area (TPSA) is 67.4 Å². The Morgan fingerprint density at radius 3 is 2.62 bits per heavy atom. The van der Waals surface area contributed by atoms with Crippen molar-refractivity contribution in [3.05, 3.63) is 18.0 Å². The predicted molar refractivity (Wildman–Crippen MR) is 81.2 cm³/mol. The van der Waals surface area contributed by atoms with Gasteiger partial charge in [0.1, 0.15) is 5.60 Å². The van der Waals surface area contributed by atoms with E-state index in [2.05, 4.69) is 15.3 Å². The van der Waals surface area contributed by atoms with Crippen LogP contribution in [-0.2, 0) is 4.74 Å². The summed E-state index contributed by atoms with van der Waals surface area (Å²) in [5, 5.41) is 3.33. The van der Waals surface area contributed by atoms with Crippen LogP contribution < -0.4 is 5.32 Å². The number of rotatable bonds is 2. The molecule has 116 valence electrons. The molecular formula is C15H24N4O2. The lowest BCUT2D eigenvalue weighted by atomic mass is 10.1. The van der Waals surface area contributed by atoms with Gasteiger partial charge in [0, 0.05) is 31.0 Å². The van der Waals surface area contributed by atoms with Gasteiger partial charge in [0.05, 0.1) is 0 Å². The lowest BCUT2D eigenvalue weighted by Gasteiger charge is -2.33. The molecule has 0 aliphatic carbocycles. The number of aryl methyl sites for hydroxylation is 1. The third kappa shape index (κ3) is 4.88. The number of piperidine rings is 1. The van der Waals surface area contributed by atoms with Gasteiger partial charge in [0.25, 0.3) is 0 Å². The monoisotopic (exact) mass is 292 g/mol. The van der Waals surface area contributed by atoms with E-state index in [0.29, 0.717) is 25.1 Å². The summed E-state index contributed by atoms with van der Waals surface area (Å²) in [6.45, 7) is 8.98. The summed E-state index contributed by atoms with van der Waals surface area (Å²) < 4.78 is 5.39. The van der Waals surface area contributed by atoms with Crippen molar-refractivity contribution >= 4 is 12.0 Å². The molecule has 1 N–H and O–H groups in total. The molecule has 1 aromatic rings. The van der Waals surface area contributed by atoms with Crippen LogP contribution >= 0.6 is 0 Å². The van der Waals surface area contributed by atoms with Crippen molar-refractivity contribution < 1.29 is 9.53 Å². The lowest BCUT2D eigenvalue weighted by Crippen LogP contribution is -2.44. The molecule has 1 amide bonds. The van der Waals surface area contributed by atoms with E-state index in [4.69, 9.17) is 4.74 Å². The van der Waals surface area contributed by atoms with Crippen molar-refractivity contribution in [3.63, 3.8) is 0 Å². The van der Waals surface area contributed by atoms with Crippen LogP contribution in [0.5, 0.6) is 0 Å². The van der Waals surface area contributed by atoms with Crippen molar-refractivity contribution in [1.82, 2.24) is 14.9 Å². The van der Waals surface area contributed by atoms with Crippen molar-refractivity contribution in [2.45, 2.75) is 52.2 Å². The number of carbonyl (C=O) groups excluding carboxylic acids is 1. The third-order valence-electron chi connectivity index (χ3n) is 3.27. The van der Waals surface area contributed by atoms with E-state index in [1.54, 1.807) is 11.1 Å². The van der Waals surface area contributed by atoms with Crippen LogP contribution in [0.3, 0.4) is 0 Å². The number of amides is 1. The Kier molecular flexibility index (Phi) is 4.65. The molecule has 6 nitrogen and oxygen atoms in total. The maximum atomic E-state index is 12.0. The van der Waals surface area contributed by atoms with E-state index in [0.717, 1.165) is 18.5 Å². The van der Waals surface area contributed by atoms with Crippen LogP contribution in [0.25, 0.3) is 0 Å². The van der Waals surface area contributed by atoms with Crippen LogP contribution in [-0.4, -0.2) is 45.7 Å². The number of carbonyl (C=O) groups is 1. The van der Waals surface area contributed by atoms with Gasteiger partial charge in [0.15, 0.2) is 0 Å². The fraction of sp³-hybridized carbons (Fsp3) is 0.667. The highest BCUT2D eigenvalue weighted by Gasteiger charge is 2.26. The molecule has 0 atom stereocenters. The van der Waals surface area contributed by atoms with Crippen molar-refractivity contribution in [1.29, 1.82) is 0 Å².